The van der Waals surface area contributed by atoms with Crippen LogP contribution in [0.3, 0.4) is 0 Å². The molecule has 0 fully saturated rings. The predicted molar refractivity (Wildman–Crippen MR) is 48.0 cm³/mol. The molecule has 0 aliphatic rings. The second kappa shape index (κ2) is 3.63. The third-order valence-corrected chi connectivity index (χ3v) is 3.34. The summed E-state index contributed by atoms with van der Waals surface area (Å²) in [6, 6.07) is 0. The summed E-state index contributed by atoms with van der Waals surface area (Å²) in [7, 11) is -3.51. The minimum Gasteiger partial charge on any atom is -0.289 e. The lowest BCUT2D eigenvalue weighted by atomic mass is 9.91. The number of carbonyl (C=O) groups excluding carboxylic acids is 1. The Labute approximate surface area is 78.0 Å². The maximum atomic E-state index is 11.2. The summed E-state index contributed by atoms with van der Waals surface area (Å²) < 4.78 is 22.4. The summed E-state index contributed by atoms with van der Waals surface area (Å²) in [4.78, 5) is 11.1. The Kier molecular flexibility index (Phi) is 3.46. The number of carbonyl (C=O) groups is 1. The molecule has 0 radical (unpaired) electrons. The van der Waals surface area contributed by atoms with Crippen LogP contribution >= 0.6 is 0 Å². The molecule has 0 rings (SSSR count). The van der Waals surface area contributed by atoms with Crippen LogP contribution in [-0.2, 0) is 14.6 Å². The van der Waals surface area contributed by atoms with Gasteiger partial charge >= 0.3 is 0 Å². The largest absolute Gasteiger partial charge is 0.289 e. The number of amides is 1. The van der Waals surface area contributed by atoms with Crippen LogP contribution in [0.4, 0.5) is 0 Å². The van der Waals surface area contributed by atoms with E-state index in [4.69, 9.17) is 5.21 Å². The van der Waals surface area contributed by atoms with Gasteiger partial charge in [-0.1, -0.05) is 20.8 Å². The summed E-state index contributed by atoms with van der Waals surface area (Å²) in [6.07, 6.45) is 0.970. The Bertz CT molecular complexity index is 288. The predicted octanol–water partition coefficient (Wildman–Crippen LogP) is -0.0489. The van der Waals surface area contributed by atoms with E-state index in [1.165, 1.54) is 5.48 Å². The van der Waals surface area contributed by atoms with Gasteiger partial charge in [0.05, 0.1) is 0 Å². The zero-order valence-corrected chi connectivity index (χ0v) is 8.97. The molecule has 0 aromatic heterocycles. The van der Waals surface area contributed by atoms with E-state index < -0.39 is 26.4 Å². The number of rotatable bonds is 2. The van der Waals surface area contributed by atoms with Crippen molar-refractivity contribution in [2.45, 2.75) is 26.0 Å². The van der Waals surface area contributed by atoms with Crippen LogP contribution in [0.5, 0.6) is 0 Å². The van der Waals surface area contributed by atoms with Crippen LogP contribution in [0.15, 0.2) is 0 Å². The lowest BCUT2D eigenvalue weighted by molar-refractivity contribution is -0.130. The van der Waals surface area contributed by atoms with Crippen molar-refractivity contribution in [3.05, 3.63) is 0 Å². The summed E-state index contributed by atoms with van der Waals surface area (Å²) in [6.45, 7) is 4.86. The Morgan fingerprint density at radius 3 is 1.85 bits per heavy atom. The molecule has 13 heavy (non-hydrogen) atoms. The number of hydroxylamine groups is 1. The molecule has 0 heterocycles. The fraction of sp³-hybridized carbons (Fsp3) is 0.857. The Hall–Kier alpha value is -0.620. The molecule has 0 spiro atoms. The van der Waals surface area contributed by atoms with E-state index >= 15 is 0 Å². The van der Waals surface area contributed by atoms with Crippen molar-refractivity contribution in [3.8, 4) is 0 Å². The number of nitrogens with one attached hydrogen (secondary N) is 1. The van der Waals surface area contributed by atoms with Crippen LogP contribution in [0, 0.1) is 5.41 Å². The van der Waals surface area contributed by atoms with Crippen LogP contribution < -0.4 is 5.48 Å². The average molecular weight is 209 g/mol. The SMILES string of the molecule is CC(C)(C)C(C(=O)NO)S(C)(=O)=O. The minimum absolute atomic E-state index is 0.736. The summed E-state index contributed by atoms with van der Waals surface area (Å²) in [5, 5.41) is 7.14. The molecule has 1 unspecified atom stereocenters. The summed E-state index contributed by atoms with van der Waals surface area (Å²) in [5.41, 5.74) is 0.624. The molecule has 0 saturated carbocycles. The van der Waals surface area contributed by atoms with Crippen LogP contribution in [0.1, 0.15) is 20.8 Å². The first-order chi connectivity index (χ1) is 5.60. The highest BCUT2D eigenvalue weighted by atomic mass is 32.2. The van der Waals surface area contributed by atoms with Gasteiger partial charge in [0.25, 0.3) is 5.91 Å². The second-order valence-corrected chi connectivity index (χ2v) is 6.18. The van der Waals surface area contributed by atoms with Crippen LogP contribution in [-0.4, -0.2) is 31.0 Å². The van der Waals surface area contributed by atoms with E-state index in [1.807, 2.05) is 0 Å². The smallest absolute Gasteiger partial charge is 0.262 e. The molecular formula is C7H15NO4S. The standard InChI is InChI=1S/C7H15NO4S/c1-7(2,3)5(6(9)8-10)13(4,11)12/h5,10H,1-4H3,(H,8,9). The van der Waals surface area contributed by atoms with Gasteiger partial charge in [-0.05, 0) is 5.41 Å². The van der Waals surface area contributed by atoms with Gasteiger partial charge in [0.15, 0.2) is 9.84 Å². The molecule has 0 aromatic carbocycles. The third kappa shape index (κ3) is 3.31. The van der Waals surface area contributed by atoms with E-state index in [0.717, 1.165) is 6.26 Å². The maximum Gasteiger partial charge on any atom is 0.262 e. The van der Waals surface area contributed by atoms with Gasteiger partial charge in [-0.3, -0.25) is 10.0 Å². The van der Waals surface area contributed by atoms with E-state index in [2.05, 4.69) is 0 Å². The number of hydrogen-bond donors (Lipinski definition) is 2. The van der Waals surface area contributed by atoms with Crippen molar-refractivity contribution >= 4 is 15.7 Å². The van der Waals surface area contributed by atoms with Gasteiger partial charge in [-0.25, -0.2) is 13.9 Å². The Balaban J connectivity index is 5.14. The maximum absolute atomic E-state index is 11.2. The lowest BCUT2D eigenvalue weighted by Crippen LogP contribution is -2.46. The third-order valence-electron chi connectivity index (χ3n) is 1.56. The molecule has 0 aliphatic carbocycles. The molecule has 2 N–H and O–H groups in total. The van der Waals surface area contributed by atoms with Crippen molar-refractivity contribution in [2.75, 3.05) is 6.26 Å². The highest BCUT2D eigenvalue weighted by Crippen LogP contribution is 2.25. The summed E-state index contributed by atoms with van der Waals surface area (Å²) >= 11 is 0. The molecule has 6 heteroatoms. The molecule has 1 atom stereocenters. The quantitative estimate of drug-likeness (QED) is 0.493. The molecule has 0 aliphatic heterocycles. The first kappa shape index (κ1) is 12.4. The van der Waals surface area contributed by atoms with Gasteiger partial charge in [-0.2, -0.15) is 0 Å². The van der Waals surface area contributed by atoms with E-state index in [9.17, 15) is 13.2 Å². The molecule has 0 bridgehead atoms. The van der Waals surface area contributed by atoms with Crippen molar-refractivity contribution in [2.24, 2.45) is 5.41 Å². The molecule has 5 nitrogen and oxygen atoms in total. The molecular weight excluding hydrogens is 194 g/mol. The Morgan fingerprint density at radius 2 is 1.77 bits per heavy atom. The van der Waals surface area contributed by atoms with Gasteiger partial charge in [0.1, 0.15) is 5.25 Å². The van der Waals surface area contributed by atoms with Crippen molar-refractivity contribution in [3.63, 3.8) is 0 Å². The van der Waals surface area contributed by atoms with E-state index in [-0.39, 0.29) is 0 Å². The lowest BCUT2D eigenvalue weighted by Gasteiger charge is -2.26. The van der Waals surface area contributed by atoms with E-state index in [0.29, 0.717) is 0 Å². The Morgan fingerprint density at radius 1 is 1.38 bits per heavy atom. The first-order valence-electron chi connectivity index (χ1n) is 3.73. The second-order valence-electron chi connectivity index (χ2n) is 4.05. The average Bonchev–Trinajstić information content (AvgIpc) is 1.80. The number of sulfone groups is 1. The molecule has 78 valence electrons. The zero-order valence-electron chi connectivity index (χ0n) is 8.16. The fourth-order valence-corrected chi connectivity index (χ4v) is 3.01. The summed E-state index contributed by atoms with van der Waals surface area (Å²) in [5.74, 6) is -0.894. The highest BCUT2D eigenvalue weighted by Gasteiger charge is 2.39. The highest BCUT2D eigenvalue weighted by molar-refractivity contribution is 7.92. The van der Waals surface area contributed by atoms with Crippen molar-refractivity contribution in [1.82, 2.24) is 5.48 Å². The van der Waals surface area contributed by atoms with Crippen LogP contribution in [0.25, 0.3) is 0 Å². The van der Waals surface area contributed by atoms with Gasteiger partial charge < -0.3 is 0 Å². The first-order valence-corrected chi connectivity index (χ1v) is 5.69. The normalized spacial score (nSPS) is 15.2. The molecule has 0 aromatic rings. The fourth-order valence-electron chi connectivity index (χ4n) is 1.29. The van der Waals surface area contributed by atoms with Crippen LogP contribution in [0.2, 0.25) is 0 Å². The minimum atomic E-state index is -3.51. The van der Waals surface area contributed by atoms with Gasteiger partial charge in [0, 0.05) is 6.26 Å². The molecule has 1 amide bonds. The van der Waals surface area contributed by atoms with Gasteiger partial charge in [0.2, 0.25) is 0 Å². The van der Waals surface area contributed by atoms with E-state index in [1.54, 1.807) is 20.8 Å². The topological polar surface area (TPSA) is 83.5 Å². The molecule has 0 saturated heterocycles. The number of hydrogen-bond acceptors (Lipinski definition) is 4. The zero-order chi connectivity index (χ0) is 10.9. The monoisotopic (exact) mass is 209 g/mol. The van der Waals surface area contributed by atoms with Crippen molar-refractivity contribution in [1.29, 1.82) is 0 Å². The van der Waals surface area contributed by atoms with Gasteiger partial charge in [-0.15, -0.1) is 0 Å². The van der Waals surface area contributed by atoms with Crippen molar-refractivity contribution < 1.29 is 18.4 Å².